The van der Waals surface area contributed by atoms with Crippen molar-refractivity contribution in [3.63, 3.8) is 0 Å². The second-order valence-electron chi connectivity index (χ2n) is 4.78. The smallest absolute Gasteiger partial charge is 0.482 e. The van der Waals surface area contributed by atoms with Crippen LogP contribution in [0, 0.1) is 0 Å². The van der Waals surface area contributed by atoms with E-state index in [0.717, 1.165) is 29.6 Å². The first-order valence-corrected chi connectivity index (χ1v) is 6.27. The number of phenolic OH excluding ortho intramolecular Hbond substituents is 2. The van der Waals surface area contributed by atoms with Crippen molar-refractivity contribution in [2.24, 2.45) is 0 Å². The van der Waals surface area contributed by atoms with E-state index in [9.17, 15) is 36.6 Å². The number of nitrogens with one attached hydrogen (secondary N) is 1. The van der Waals surface area contributed by atoms with E-state index in [1.54, 1.807) is 0 Å². The number of alkyl halides is 6. The van der Waals surface area contributed by atoms with Gasteiger partial charge in [-0.1, -0.05) is 12.1 Å². The molecule has 4 nitrogen and oxygen atoms in total. The van der Waals surface area contributed by atoms with Gasteiger partial charge in [0.2, 0.25) is 0 Å². The van der Waals surface area contributed by atoms with Gasteiger partial charge in [0.1, 0.15) is 11.3 Å². The van der Waals surface area contributed by atoms with Gasteiger partial charge in [0.15, 0.2) is 5.75 Å². The fraction of sp³-hybridized carbons (Fsp3) is 0.143. The van der Waals surface area contributed by atoms with Crippen molar-refractivity contribution in [2.45, 2.75) is 12.5 Å². The van der Waals surface area contributed by atoms with E-state index >= 15 is 0 Å². The van der Waals surface area contributed by atoms with Gasteiger partial charge in [-0.05, 0) is 29.3 Å². The first kappa shape index (κ1) is 17.6. The predicted molar refractivity (Wildman–Crippen MR) is 74.3 cm³/mol. The molecule has 0 saturated heterocycles. The van der Waals surface area contributed by atoms with Crippen LogP contribution in [0.4, 0.5) is 37.7 Å². The second-order valence-corrected chi connectivity index (χ2v) is 4.78. The van der Waals surface area contributed by atoms with Crippen LogP contribution in [0.15, 0.2) is 30.3 Å². The van der Waals surface area contributed by atoms with Gasteiger partial charge in [0.25, 0.3) is 0 Å². The summed E-state index contributed by atoms with van der Waals surface area (Å²) >= 11 is 0. The lowest BCUT2D eigenvalue weighted by molar-refractivity contribution is -0.138. The van der Waals surface area contributed by atoms with E-state index < -0.39 is 40.8 Å². The molecule has 24 heavy (non-hydrogen) atoms. The number of hydrogen-bond donors (Lipinski definition) is 4. The Balaban J connectivity index is 2.68. The molecule has 0 spiro atoms. The zero-order chi connectivity index (χ0) is 18.3. The molecule has 0 atom stereocenters. The van der Waals surface area contributed by atoms with Gasteiger partial charge in [0.05, 0.1) is 11.4 Å². The fourth-order valence-electron chi connectivity index (χ4n) is 2.08. The van der Waals surface area contributed by atoms with Gasteiger partial charge >= 0.3 is 12.5 Å². The zero-order valence-electron chi connectivity index (χ0n) is 11.6. The highest BCUT2D eigenvalue weighted by Gasteiger charge is 2.39. The van der Waals surface area contributed by atoms with Crippen LogP contribution in [0.3, 0.4) is 0 Å². The molecule has 0 aliphatic rings. The molecule has 130 valence electrons. The lowest BCUT2D eigenvalue weighted by atomic mass is 9.97. The molecule has 0 aromatic heterocycles. The topological polar surface area (TPSA) is 78.5 Å². The molecule has 2 aromatic carbocycles. The van der Waals surface area contributed by atoms with E-state index in [-0.39, 0.29) is 11.3 Å². The van der Waals surface area contributed by atoms with Crippen molar-refractivity contribution in [2.75, 3.05) is 11.1 Å². The van der Waals surface area contributed by atoms with Gasteiger partial charge in [-0.3, -0.25) is 5.32 Å². The summed E-state index contributed by atoms with van der Waals surface area (Å²) in [6.45, 7) is 0. The lowest BCUT2D eigenvalue weighted by Crippen LogP contribution is -2.21. The lowest BCUT2D eigenvalue weighted by Gasteiger charge is -2.19. The third-order valence-corrected chi connectivity index (χ3v) is 3.08. The largest absolute Gasteiger partial charge is 0.506 e. The van der Waals surface area contributed by atoms with Crippen LogP contribution in [0.1, 0.15) is 5.56 Å². The van der Waals surface area contributed by atoms with Crippen molar-refractivity contribution in [1.29, 1.82) is 0 Å². The molecule has 0 aliphatic carbocycles. The fourth-order valence-corrected chi connectivity index (χ4v) is 2.08. The summed E-state index contributed by atoms with van der Waals surface area (Å²) < 4.78 is 76.7. The molecule has 0 bridgehead atoms. The number of aromatic hydroxyl groups is 2. The van der Waals surface area contributed by atoms with Crippen molar-refractivity contribution >= 4 is 11.4 Å². The highest BCUT2D eigenvalue weighted by Crippen LogP contribution is 2.47. The van der Waals surface area contributed by atoms with Crippen LogP contribution < -0.4 is 11.1 Å². The maximum Gasteiger partial charge on any atom is 0.482 e. The van der Waals surface area contributed by atoms with E-state index in [4.69, 9.17) is 5.73 Å². The first-order chi connectivity index (χ1) is 10.9. The van der Waals surface area contributed by atoms with E-state index in [0.29, 0.717) is 6.07 Å². The van der Waals surface area contributed by atoms with Crippen LogP contribution in [0.25, 0.3) is 11.1 Å². The Morgan fingerprint density at radius 1 is 0.917 bits per heavy atom. The van der Waals surface area contributed by atoms with Gasteiger partial charge in [-0.25, -0.2) is 0 Å². The van der Waals surface area contributed by atoms with Crippen LogP contribution in [0.2, 0.25) is 0 Å². The van der Waals surface area contributed by atoms with Gasteiger partial charge in [0, 0.05) is 0 Å². The Morgan fingerprint density at radius 3 is 2.04 bits per heavy atom. The highest BCUT2D eigenvalue weighted by atomic mass is 19.4. The highest BCUT2D eigenvalue weighted by molar-refractivity contribution is 5.78. The molecule has 0 unspecified atom stereocenters. The SMILES string of the molecule is Nc1ccc(-c2ccc(NC(F)(F)F)c(O)c2C(F)(F)F)cc1O. The molecule has 2 aromatic rings. The van der Waals surface area contributed by atoms with Crippen LogP contribution in [-0.4, -0.2) is 16.5 Å². The van der Waals surface area contributed by atoms with E-state index in [2.05, 4.69) is 0 Å². The summed E-state index contributed by atoms with van der Waals surface area (Å²) in [4.78, 5) is 0. The number of nitrogens with two attached hydrogens (primary N) is 1. The third kappa shape index (κ3) is 3.58. The molecule has 0 amide bonds. The number of anilines is 2. The van der Waals surface area contributed by atoms with E-state index in [1.165, 1.54) is 0 Å². The second kappa shape index (κ2) is 5.69. The molecule has 10 heteroatoms. The van der Waals surface area contributed by atoms with E-state index in [1.807, 2.05) is 0 Å². The molecule has 5 N–H and O–H groups in total. The summed E-state index contributed by atoms with van der Waals surface area (Å²) in [6.07, 6.45) is -10.2. The van der Waals surface area contributed by atoms with Gasteiger partial charge < -0.3 is 15.9 Å². The molecule has 0 heterocycles. The Hall–Kier alpha value is -2.78. The van der Waals surface area contributed by atoms with Crippen molar-refractivity contribution in [3.8, 4) is 22.6 Å². The number of rotatable bonds is 2. The molecule has 0 aliphatic heterocycles. The average Bonchev–Trinajstić information content (AvgIpc) is 2.41. The zero-order valence-corrected chi connectivity index (χ0v) is 11.6. The summed E-state index contributed by atoms with van der Waals surface area (Å²) in [7, 11) is 0. The minimum absolute atomic E-state index is 0.0908. The minimum atomic E-state index is -5.14. The van der Waals surface area contributed by atoms with Crippen molar-refractivity contribution in [1.82, 2.24) is 0 Å². The Kier molecular flexibility index (Phi) is 4.17. The minimum Gasteiger partial charge on any atom is -0.506 e. The summed E-state index contributed by atoms with van der Waals surface area (Å²) in [6, 6.07) is 4.58. The molecular formula is C14H10F6N2O2. The number of benzene rings is 2. The van der Waals surface area contributed by atoms with Crippen LogP contribution in [-0.2, 0) is 6.18 Å². The number of phenols is 2. The molecule has 0 saturated carbocycles. The van der Waals surface area contributed by atoms with Crippen LogP contribution >= 0.6 is 0 Å². The van der Waals surface area contributed by atoms with Crippen molar-refractivity contribution in [3.05, 3.63) is 35.9 Å². The number of nitrogen functional groups attached to an aromatic ring is 1. The van der Waals surface area contributed by atoms with Crippen LogP contribution in [0.5, 0.6) is 11.5 Å². The normalized spacial score (nSPS) is 12.2. The number of halogens is 6. The first-order valence-electron chi connectivity index (χ1n) is 6.27. The predicted octanol–water partition coefficient (Wildman–Crippen LogP) is 4.30. The standard InChI is InChI=1S/C14H10F6N2O2/c15-13(16,17)11-7(6-1-3-8(21)10(23)5-6)2-4-9(12(11)24)22-14(18,19)20/h1-5,22-24H,21H2. The average molecular weight is 352 g/mol. The Labute approximate surface area is 131 Å². The molecule has 0 fully saturated rings. The maximum absolute atomic E-state index is 13.2. The summed E-state index contributed by atoms with van der Waals surface area (Å²) in [5, 5.41) is 20.0. The number of hydrogen-bond acceptors (Lipinski definition) is 4. The summed E-state index contributed by atoms with van der Waals surface area (Å²) in [5.74, 6) is -2.11. The van der Waals surface area contributed by atoms with Gasteiger partial charge in [-0.2, -0.15) is 26.3 Å². The van der Waals surface area contributed by atoms with Crippen molar-refractivity contribution < 1.29 is 36.6 Å². The molecule has 2 rings (SSSR count). The summed E-state index contributed by atoms with van der Waals surface area (Å²) in [5.41, 5.74) is 1.67. The monoisotopic (exact) mass is 352 g/mol. The van der Waals surface area contributed by atoms with Gasteiger partial charge in [-0.15, -0.1) is 0 Å². The molecule has 0 radical (unpaired) electrons. The third-order valence-electron chi connectivity index (χ3n) is 3.08. The Bertz CT molecular complexity index is 771. The Morgan fingerprint density at radius 2 is 1.54 bits per heavy atom. The quantitative estimate of drug-likeness (QED) is 0.281. The maximum atomic E-state index is 13.2. The molecular weight excluding hydrogens is 342 g/mol.